The molecular weight excluding hydrogens is 172 g/mol. The van der Waals surface area contributed by atoms with Crippen LogP contribution in [-0.2, 0) is 5.41 Å². The maximum absolute atomic E-state index is 4.03. The molecule has 0 fully saturated rings. The quantitative estimate of drug-likeness (QED) is 0.767. The minimum atomic E-state index is 0.0203. The maximum Gasteiger partial charge on any atom is 0.0298 e. The van der Waals surface area contributed by atoms with Crippen LogP contribution >= 0.6 is 0 Å². The van der Waals surface area contributed by atoms with Crippen LogP contribution in [0.3, 0.4) is 0 Å². The molecule has 2 heterocycles. The van der Waals surface area contributed by atoms with Gasteiger partial charge in [-0.1, -0.05) is 13.8 Å². The Balaban J connectivity index is 2.43. The van der Waals surface area contributed by atoms with Crippen LogP contribution in [-0.4, -0.2) is 9.97 Å². The largest absolute Gasteiger partial charge is 0.364 e. The van der Waals surface area contributed by atoms with Crippen molar-refractivity contribution in [3.05, 3.63) is 54.1 Å². The Morgan fingerprint density at radius 3 is 2.43 bits per heavy atom. The van der Waals surface area contributed by atoms with E-state index in [-0.39, 0.29) is 5.41 Å². The van der Waals surface area contributed by atoms with Gasteiger partial charge in [-0.2, -0.15) is 0 Å². The molecule has 72 valence electrons. The first-order valence-electron chi connectivity index (χ1n) is 4.75. The zero-order valence-corrected chi connectivity index (χ0v) is 8.49. The lowest BCUT2D eigenvalue weighted by atomic mass is 9.82. The van der Waals surface area contributed by atoms with E-state index in [1.165, 1.54) is 11.3 Å². The van der Waals surface area contributed by atoms with Crippen molar-refractivity contribution in [2.45, 2.75) is 19.3 Å². The molecule has 0 aliphatic carbocycles. The smallest absolute Gasteiger partial charge is 0.0298 e. The molecule has 2 aromatic rings. The molecule has 0 spiro atoms. The minimum absolute atomic E-state index is 0.0203. The van der Waals surface area contributed by atoms with E-state index in [9.17, 15) is 0 Å². The Hall–Kier alpha value is -1.57. The lowest BCUT2D eigenvalue weighted by Gasteiger charge is -2.23. The average Bonchev–Trinajstić information content (AvgIpc) is 2.72. The van der Waals surface area contributed by atoms with Crippen molar-refractivity contribution in [1.82, 2.24) is 9.97 Å². The van der Waals surface area contributed by atoms with E-state index in [1.54, 1.807) is 0 Å². The number of aromatic amines is 1. The molecule has 2 rings (SSSR count). The molecule has 0 atom stereocenters. The number of pyridine rings is 1. The fourth-order valence-corrected chi connectivity index (χ4v) is 1.64. The van der Waals surface area contributed by atoms with Gasteiger partial charge >= 0.3 is 0 Å². The summed E-state index contributed by atoms with van der Waals surface area (Å²) in [6.45, 7) is 4.41. The van der Waals surface area contributed by atoms with Crippen molar-refractivity contribution >= 4 is 0 Å². The summed E-state index contributed by atoms with van der Waals surface area (Å²) in [6.07, 6.45) is 5.62. The van der Waals surface area contributed by atoms with E-state index in [2.05, 4.69) is 42.0 Å². The van der Waals surface area contributed by atoms with Crippen LogP contribution in [0.5, 0.6) is 0 Å². The van der Waals surface area contributed by atoms with Gasteiger partial charge in [0.1, 0.15) is 0 Å². The van der Waals surface area contributed by atoms with Crippen molar-refractivity contribution in [3.63, 3.8) is 0 Å². The first kappa shape index (κ1) is 9.00. The summed E-state index contributed by atoms with van der Waals surface area (Å²) < 4.78 is 0. The van der Waals surface area contributed by atoms with Crippen molar-refractivity contribution in [3.8, 4) is 0 Å². The fraction of sp³-hybridized carbons (Fsp3) is 0.250. The molecule has 0 radical (unpaired) electrons. The summed E-state index contributed by atoms with van der Waals surface area (Å²) >= 11 is 0. The third kappa shape index (κ3) is 1.43. The SMILES string of the molecule is CC(C)(c1ccncc1)c1ccc[nH]1. The monoisotopic (exact) mass is 186 g/mol. The summed E-state index contributed by atoms with van der Waals surface area (Å²) in [6, 6.07) is 8.25. The van der Waals surface area contributed by atoms with Gasteiger partial charge in [-0.25, -0.2) is 0 Å². The number of nitrogens with one attached hydrogen (secondary N) is 1. The molecule has 1 N–H and O–H groups in total. The second-order valence-corrected chi connectivity index (χ2v) is 3.94. The summed E-state index contributed by atoms with van der Waals surface area (Å²) in [5.41, 5.74) is 2.52. The van der Waals surface area contributed by atoms with Gasteiger partial charge in [0.15, 0.2) is 0 Å². The first-order chi connectivity index (χ1) is 6.71. The van der Waals surface area contributed by atoms with Crippen LogP contribution in [0.25, 0.3) is 0 Å². The minimum Gasteiger partial charge on any atom is -0.364 e. The van der Waals surface area contributed by atoms with Gasteiger partial charge in [0.05, 0.1) is 0 Å². The normalized spacial score (nSPS) is 11.6. The van der Waals surface area contributed by atoms with Crippen LogP contribution in [0.4, 0.5) is 0 Å². The molecule has 0 saturated heterocycles. The Labute approximate surface area is 84.0 Å². The van der Waals surface area contributed by atoms with Gasteiger partial charge in [0, 0.05) is 29.7 Å². The van der Waals surface area contributed by atoms with Gasteiger partial charge in [-0.05, 0) is 29.8 Å². The Morgan fingerprint density at radius 1 is 1.14 bits per heavy atom. The summed E-state index contributed by atoms with van der Waals surface area (Å²) in [4.78, 5) is 7.29. The molecule has 0 amide bonds. The summed E-state index contributed by atoms with van der Waals surface area (Å²) in [7, 11) is 0. The number of hydrogen-bond acceptors (Lipinski definition) is 1. The van der Waals surface area contributed by atoms with Crippen LogP contribution in [0.15, 0.2) is 42.9 Å². The molecule has 2 heteroatoms. The Bertz CT molecular complexity index is 388. The predicted octanol–water partition coefficient (Wildman–Crippen LogP) is 2.74. The molecule has 0 bridgehead atoms. The van der Waals surface area contributed by atoms with E-state index in [0.29, 0.717) is 0 Å². The van der Waals surface area contributed by atoms with Gasteiger partial charge < -0.3 is 4.98 Å². The van der Waals surface area contributed by atoms with Gasteiger partial charge in [0.2, 0.25) is 0 Å². The first-order valence-corrected chi connectivity index (χ1v) is 4.75. The van der Waals surface area contributed by atoms with Crippen LogP contribution in [0, 0.1) is 0 Å². The zero-order valence-electron chi connectivity index (χ0n) is 8.49. The summed E-state index contributed by atoms with van der Waals surface area (Å²) in [5, 5.41) is 0. The third-order valence-corrected chi connectivity index (χ3v) is 2.67. The third-order valence-electron chi connectivity index (χ3n) is 2.67. The fourth-order valence-electron chi connectivity index (χ4n) is 1.64. The zero-order chi connectivity index (χ0) is 10.0. The molecule has 0 aromatic carbocycles. The topological polar surface area (TPSA) is 28.7 Å². The van der Waals surface area contributed by atoms with E-state index >= 15 is 0 Å². The van der Waals surface area contributed by atoms with Crippen molar-refractivity contribution in [2.75, 3.05) is 0 Å². The molecule has 0 aliphatic heterocycles. The number of nitrogens with zero attached hydrogens (tertiary/aromatic N) is 1. The summed E-state index contributed by atoms with van der Waals surface area (Å²) in [5.74, 6) is 0. The van der Waals surface area contributed by atoms with Crippen LogP contribution < -0.4 is 0 Å². The Morgan fingerprint density at radius 2 is 1.86 bits per heavy atom. The lowest BCUT2D eigenvalue weighted by molar-refractivity contribution is 0.620. The highest BCUT2D eigenvalue weighted by Gasteiger charge is 2.23. The standard InChI is InChI=1S/C12H14N2/c1-12(2,11-4-3-7-14-11)10-5-8-13-9-6-10/h3-9,14H,1-2H3. The molecule has 14 heavy (non-hydrogen) atoms. The number of H-pyrrole nitrogens is 1. The van der Waals surface area contributed by atoms with Gasteiger partial charge in [0.25, 0.3) is 0 Å². The van der Waals surface area contributed by atoms with Gasteiger partial charge in [-0.15, -0.1) is 0 Å². The molecule has 0 aliphatic rings. The van der Waals surface area contributed by atoms with E-state index in [4.69, 9.17) is 0 Å². The predicted molar refractivity (Wildman–Crippen MR) is 57.2 cm³/mol. The highest BCUT2D eigenvalue weighted by molar-refractivity contribution is 5.32. The van der Waals surface area contributed by atoms with Gasteiger partial charge in [-0.3, -0.25) is 4.98 Å². The lowest BCUT2D eigenvalue weighted by Crippen LogP contribution is -2.19. The maximum atomic E-state index is 4.03. The van der Waals surface area contributed by atoms with Crippen LogP contribution in [0.2, 0.25) is 0 Å². The van der Waals surface area contributed by atoms with Crippen molar-refractivity contribution < 1.29 is 0 Å². The van der Waals surface area contributed by atoms with E-state index < -0.39 is 0 Å². The number of hydrogen-bond donors (Lipinski definition) is 1. The van der Waals surface area contributed by atoms with Crippen LogP contribution in [0.1, 0.15) is 25.1 Å². The van der Waals surface area contributed by atoms with Crippen molar-refractivity contribution in [1.29, 1.82) is 0 Å². The molecule has 2 nitrogen and oxygen atoms in total. The number of rotatable bonds is 2. The highest BCUT2D eigenvalue weighted by atomic mass is 14.7. The average molecular weight is 186 g/mol. The second kappa shape index (κ2) is 3.29. The molecule has 0 unspecified atom stereocenters. The number of aromatic nitrogens is 2. The van der Waals surface area contributed by atoms with E-state index in [1.807, 2.05) is 24.7 Å². The molecule has 0 saturated carbocycles. The Kier molecular flexibility index (Phi) is 2.12. The highest BCUT2D eigenvalue weighted by Crippen LogP contribution is 2.29. The van der Waals surface area contributed by atoms with Crippen molar-refractivity contribution in [2.24, 2.45) is 0 Å². The molecule has 2 aromatic heterocycles. The molecular formula is C12H14N2. The van der Waals surface area contributed by atoms with E-state index in [0.717, 1.165) is 0 Å². The second-order valence-electron chi connectivity index (χ2n) is 3.94.